The van der Waals surface area contributed by atoms with Crippen LogP contribution in [0.4, 0.5) is 13.2 Å². The normalized spacial score (nSPS) is 14.9. The van der Waals surface area contributed by atoms with E-state index in [1.807, 2.05) is 30.3 Å². The molecule has 0 fully saturated rings. The summed E-state index contributed by atoms with van der Waals surface area (Å²) >= 11 is 0. The summed E-state index contributed by atoms with van der Waals surface area (Å²) in [6.45, 7) is 0.243. The lowest BCUT2D eigenvalue weighted by atomic mass is 9.88. The average Bonchev–Trinajstić information content (AvgIpc) is 2.47. The van der Waals surface area contributed by atoms with Gasteiger partial charge in [-0.2, -0.15) is 13.2 Å². The minimum Gasteiger partial charge on any atom is -0.394 e. The number of ether oxygens (including phenoxy) is 1. The molecule has 1 rings (SSSR count). The molecule has 1 aromatic rings. The molecule has 0 aromatic heterocycles. The Kier molecular flexibility index (Phi) is 7.14. The van der Waals surface area contributed by atoms with Crippen molar-refractivity contribution in [1.82, 2.24) is 5.32 Å². The first kappa shape index (κ1) is 17.9. The van der Waals surface area contributed by atoms with Crippen LogP contribution in [0.5, 0.6) is 0 Å². The van der Waals surface area contributed by atoms with Crippen molar-refractivity contribution in [3.8, 4) is 0 Å². The summed E-state index contributed by atoms with van der Waals surface area (Å²) in [5.74, 6) is 0. The monoisotopic (exact) mass is 305 g/mol. The topological polar surface area (TPSA) is 41.5 Å². The molecule has 0 heterocycles. The molecule has 3 nitrogen and oxygen atoms in total. The van der Waals surface area contributed by atoms with E-state index < -0.39 is 18.1 Å². The summed E-state index contributed by atoms with van der Waals surface area (Å²) in [5, 5.41) is 12.8. The van der Waals surface area contributed by atoms with Gasteiger partial charge in [-0.05, 0) is 25.5 Å². The summed E-state index contributed by atoms with van der Waals surface area (Å²) in [5.41, 5.74) is 0.291. The molecule has 1 atom stereocenters. The maximum absolute atomic E-state index is 12.0. The van der Waals surface area contributed by atoms with Crippen molar-refractivity contribution in [2.45, 2.75) is 31.0 Å². The molecular weight excluding hydrogens is 283 g/mol. The lowest BCUT2D eigenvalue weighted by Crippen LogP contribution is -2.44. The second-order valence-electron chi connectivity index (χ2n) is 4.94. The van der Waals surface area contributed by atoms with Crippen molar-refractivity contribution in [3.05, 3.63) is 35.9 Å². The molecule has 1 unspecified atom stereocenters. The van der Waals surface area contributed by atoms with Crippen LogP contribution in [0.15, 0.2) is 30.3 Å². The molecule has 0 bridgehead atoms. The summed E-state index contributed by atoms with van der Waals surface area (Å²) in [6, 6.07) is 9.43. The number of alkyl halides is 3. The van der Waals surface area contributed by atoms with Crippen LogP contribution in [0.25, 0.3) is 0 Å². The Balaban J connectivity index is 2.42. The van der Waals surface area contributed by atoms with Crippen LogP contribution in [0.1, 0.15) is 24.8 Å². The molecular formula is C15H22F3NO2. The molecule has 0 saturated heterocycles. The van der Waals surface area contributed by atoms with Crippen molar-refractivity contribution >= 4 is 0 Å². The number of likely N-dealkylation sites (N-methyl/N-ethyl adjacent to an activating group) is 1. The third kappa shape index (κ3) is 6.03. The first-order valence-corrected chi connectivity index (χ1v) is 6.93. The first-order chi connectivity index (χ1) is 9.93. The largest absolute Gasteiger partial charge is 0.394 e. The molecule has 2 N–H and O–H groups in total. The number of halogens is 3. The summed E-state index contributed by atoms with van der Waals surface area (Å²) in [4.78, 5) is 0. The average molecular weight is 305 g/mol. The molecule has 1 aromatic carbocycles. The number of aliphatic hydroxyl groups is 1. The highest BCUT2D eigenvalue weighted by Crippen LogP contribution is 2.25. The zero-order valence-corrected chi connectivity index (χ0v) is 12.1. The van der Waals surface area contributed by atoms with Gasteiger partial charge in [-0.1, -0.05) is 30.3 Å². The third-order valence-electron chi connectivity index (χ3n) is 3.50. The van der Waals surface area contributed by atoms with E-state index in [0.29, 0.717) is 6.42 Å². The van der Waals surface area contributed by atoms with Crippen LogP contribution in [-0.2, 0) is 10.3 Å². The van der Waals surface area contributed by atoms with E-state index in [2.05, 4.69) is 5.32 Å². The van der Waals surface area contributed by atoms with Crippen LogP contribution in [0, 0.1) is 0 Å². The van der Waals surface area contributed by atoms with Crippen molar-refractivity contribution in [3.63, 3.8) is 0 Å². The van der Waals surface area contributed by atoms with Crippen LogP contribution in [0.3, 0.4) is 0 Å². The maximum atomic E-state index is 12.0. The van der Waals surface area contributed by atoms with Gasteiger partial charge >= 0.3 is 6.18 Å². The van der Waals surface area contributed by atoms with E-state index in [1.54, 1.807) is 7.05 Å². The van der Waals surface area contributed by atoms with Gasteiger partial charge in [0.05, 0.1) is 12.1 Å². The number of rotatable bonds is 9. The second-order valence-corrected chi connectivity index (χ2v) is 4.94. The minimum atomic E-state index is -4.13. The zero-order valence-electron chi connectivity index (χ0n) is 12.1. The van der Waals surface area contributed by atoms with E-state index in [0.717, 1.165) is 5.56 Å². The van der Waals surface area contributed by atoms with E-state index in [9.17, 15) is 18.3 Å². The van der Waals surface area contributed by atoms with E-state index in [-0.39, 0.29) is 26.2 Å². The third-order valence-corrected chi connectivity index (χ3v) is 3.50. The van der Waals surface area contributed by atoms with Gasteiger partial charge in [0.2, 0.25) is 0 Å². The van der Waals surface area contributed by atoms with Crippen LogP contribution >= 0.6 is 0 Å². The van der Waals surface area contributed by atoms with Crippen molar-refractivity contribution < 1.29 is 23.0 Å². The Bertz CT molecular complexity index is 392. The predicted molar refractivity (Wildman–Crippen MR) is 75.0 cm³/mol. The molecule has 0 radical (unpaired) electrons. The smallest absolute Gasteiger partial charge is 0.389 e. The highest BCUT2D eigenvalue weighted by molar-refractivity contribution is 5.24. The Hall–Kier alpha value is -1.11. The predicted octanol–water partition coefficient (Wildman–Crippen LogP) is 2.84. The van der Waals surface area contributed by atoms with Gasteiger partial charge in [-0.25, -0.2) is 0 Å². The fourth-order valence-electron chi connectivity index (χ4n) is 2.14. The number of benzene rings is 1. The minimum absolute atomic E-state index is 0.0412. The van der Waals surface area contributed by atoms with Gasteiger partial charge in [0, 0.05) is 19.6 Å². The fourth-order valence-corrected chi connectivity index (χ4v) is 2.14. The maximum Gasteiger partial charge on any atom is 0.389 e. The van der Waals surface area contributed by atoms with Crippen molar-refractivity contribution in [2.75, 3.05) is 26.9 Å². The molecule has 0 aliphatic rings. The standard InChI is InChI=1S/C15H22F3NO2/c1-19-14(12-20,13-6-3-2-4-7-13)9-11-21-10-5-8-15(16,17)18/h2-4,6-7,19-20H,5,8-12H2,1H3. The zero-order chi connectivity index (χ0) is 15.8. The number of aliphatic hydroxyl groups excluding tert-OH is 1. The Morgan fingerprint density at radius 2 is 1.76 bits per heavy atom. The lowest BCUT2D eigenvalue weighted by molar-refractivity contribution is -0.138. The quantitative estimate of drug-likeness (QED) is 0.689. The highest BCUT2D eigenvalue weighted by atomic mass is 19.4. The number of nitrogens with one attached hydrogen (secondary N) is 1. The Labute approximate surface area is 123 Å². The molecule has 0 aliphatic carbocycles. The van der Waals surface area contributed by atoms with Gasteiger partial charge in [0.15, 0.2) is 0 Å². The summed E-state index contributed by atoms with van der Waals surface area (Å²) < 4.78 is 41.2. The molecule has 0 spiro atoms. The molecule has 6 heteroatoms. The van der Waals surface area contributed by atoms with E-state index in [1.165, 1.54) is 0 Å². The molecule has 21 heavy (non-hydrogen) atoms. The van der Waals surface area contributed by atoms with Gasteiger partial charge in [0.25, 0.3) is 0 Å². The fraction of sp³-hybridized carbons (Fsp3) is 0.600. The van der Waals surface area contributed by atoms with Gasteiger partial charge in [-0.3, -0.25) is 0 Å². The molecule has 0 aliphatic heterocycles. The molecule has 0 saturated carbocycles. The van der Waals surface area contributed by atoms with Gasteiger partial charge < -0.3 is 15.2 Å². The van der Waals surface area contributed by atoms with E-state index in [4.69, 9.17) is 4.74 Å². The van der Waals surface area contributed by atoms with Crippen molar-refractivity contribution in [2.24, 2.45) is 0 Å². The summed E-state index contributed by atoms with van der Waals surface area (Å²) in [7, 11) is 1.74. The van der Waals surface area contributed by atoms with E-state index >= 15 is 0 Å². The second kappa shape index (κ2) is 8.36. The highest BCUT2D eigenvalue weighted by Gasteiger charge is 2.29. The molecule has 0 amide bonds. The number of hydrogen-bond donors (Lipinski definition) is 2. The lowest BCUT2D eigenvalue weighted by Gasteiger charge is -2.32. The molecule has 120 valence electrons. The van der Waals surface area contributed by atoms with Gasteiger partial charge in [-0.15, -0.1) is 0 Å². The van der Waals surface area contributed by atoms with Gasteiger partial charge in [0.1, 0.15) is 0 Å². The summed E-state index contributed by atoms with van der Waals surface area (Å²) in [6.07, 6.45) is -4.52. The van der Waals surface area contributed by atoms with Crippen molar-refractivity contribution in [1.29, 1.82) is 0 Å². The first-order valence-electron chi connectivity index (χ1n) is 6.93. The van der Waals surface area contributed by atoms with Crippen LogP contribution in [0.2, 0.25) is 0 Å². The SMILES string of the molecule is CNC(CO)(CCOCCCC(F)(F)F)c1ccccc1. The Morgan fingerprint density at radius 1 is 1.10 bits per heavy atom. The van der Waals surface area contributed by atoms with Crippen LogP contribution in [-0.4, -0.2) is 38.2 Å². The number of hydrogen-bond acceptors (Lipinski definition) is 3. The Morgan fingerprint density at radius 3 is 2.29 bits per heavy atom. The van der Waals surface area contributed by atoms with Crippen LogP contribution < -0.4 is 5.32 Å².